The first-order valence-electron chi connectivity index (χ1n) is 7.93. The van der Waals surface area contributed by atoms with E-state index in [1.807, 2.05) is 6.92 Å². The van der Waals surface area contributed by atoms with E-state index in [4.69, 9.17) is 0 Å². The summed E-state index contributed by atoms with van der Waals surface area (Å²) in [5, 5.41) is 0. The summed E-state index contributed by atoms with van der Waals surface area (Å²) < 4.78 is 56.8. The summed E-state index contributed by atoms with van der Waals surface area (Å²) in [4.78, 5) is 0. The van der Waals surface area contributed by atoms with E-state index < -0.39 is 29.0 Å². The van der Waals surface area contributed by atoms with Crippen LogP contribution in [0, 0.1) is 30.2 Å². The third kappa shape index (κ3) is 3.28. The lowest BCUT2D eigenvalue weighted by atomic mass is 9.95. The molecule has 0 aliphatic heterocycles. The quantitative estimate of drug-likeness (QED) is 0.451. The minimum absolute atomic E-state index is 0.0776. The van der Waals surface area contributed by atoms with Gasteiger partial charge in [0.25, 0.3) is 0 Å². The molecule has 0 N–H and O–H groups in total. The van der Waals surface area contributed by atoms with Gasteiger partial charge in [-0.2, -0.15) is 0 Å². The largest absolute Gasteiger partial charge is 0.313 e. The van der Waals surface area contributed by atoms with Crippen molar-refractivity contribution in [3.63, 3.8) is 0 Å². The number of nitrogens with zero attached hydrogens (tertiary/aromatic N) is 1. The van der Waals surface area contributed by atoms with Crippen LogP contribution in [0.1, 0.15) is 56.8 Å². The molecule has 1 aromatic heterocycles. The van der Waals surface area contributed by atoms with Gasteiger partial charge in [0, 0.05) is 17.5 Å². The standard InChI is InChI=1S/C18H21F4N/c1-4-6-7-12(5-2)15-9-8-11(3)23(15)18-16(21)13(19)10-14(20)17(18)22/h8-10,12H,4-7H2,1-3H3. The van der Waals surface area contributed by atoms with E-state index in [-0.39, 0.29) is 12.0 Å². The van der Waals surface area contributed by atoms with E-state index >= 15 is 0 Å². The second-order valence-corrected chi connectivity index (χ2v) is 5.80. The molecule has 0 aliphatic rings. The topological polar surface area (TPSA) is 4.93 Å². The van der Waals surface area contributed by atoms with Gasteiger partial charge in [-0.05, 0) is 37.8 Å². The first-order valence-corrected chi connectivity index (χ1v) is 7.93. The maximum Gasteiger partial charge on any atom is 0.186 e. The Kier molecular flexibility index (Phi) is 5.50. The summed E-state index contributed by atoms with van der Waals surface area (Å²) in [6, 6.07) is 3.73. The molecule has 0 bridgehead atoms. The van der Waals surface area contributed by atoms with Crippen LogP contribution in [-0.2, 0) is 0 Å². The van der Waals surface area contributed by atoms with Gasteiger partial charge in [0.1, 0.15) is 5.69 Å². The minimum Gasteiger partial charge on any atom is -0.313 e. The Morgan fingerprint density at radius 2 is 1.61 bits per heavy atom. The second kappa shape index (κ2) is 7.20. The van der Waals surface area contributed by atoms with Crippen LogP contribution in [0.15, 0.2) is 18.2 Å². The highest BCUT2D eigenvalue weighted by atomic mass is 19.2. The molecule has 126 valence electrons. The van der Waals surface area contributed by atoms with Crippen molar-refractivity contribution in [1.82, 2.24) is 4.57 Å². The van der Waals surface area contributed by atoms with Crippen LogP contribution >= 0.6 is 0 Å². The van der Waals surface area contributed by atoms with Crippen molar-refractivity contribution in [2.45, 2.75) is 52.4 Å². The van der Waals surface area contributed by atoms with Gasteiger partial charge in [-0.15, -0.1) is 0 Å². The maximum atomic E-state index is 14.2. The first kappa shape index (κ1) is 17.6. The predicted octanol–water partition coefficient (Wildman–Crippen LogP) is 6.03. The molecule has 0 amide bonds. The molecule has 0 fully saturated rings. The number of aromatic nitrogens is 1. The fourth-order valence-corrected chi connectivity index (χ4v) is 2.95. The highest BCUT2D eigenvalue weighted by molar-refractivity contribution is 5.42. The molecule has 0 saturated heterocycles. The van der Waals surface area contributed by atoms with Gasteiger partial charge in [0.15, 0.2) is 23.3 Å². The summed E-state index contributed by atoms with van der Waals surface area (Å²) in [5.41, 5.74) is 0.550. The van der Waals surface area contributed by atoms with E-state index in [1.54, 1.807) is 19.1 Å². The van der Waals surface area contributed by atoms with Crippen LogP contribution in [0.4, 0.5) is 17.6 Å². The molecular formula is C18H21F4N. The summed E-state index contributed by atoms with van der Waals surface area (Å²) >= 11 is 0. The van der Waals surface area contributed by atoms with Crippen molar-refractivity contribution in [2.75, 3.05) is 0 Å². The smallest absolute Gasteiger partial charge is 0.186 e. The van der Waals surface area contributed by atoms with Gasteiger partial charge in [0.05, 0.1) is 0 Å². The average Bonchev–Trinajstić information content (AvgIpc) is 2.89. The fraction of sp³-hybridized carbons (Fsp3) is 0.444. The van der Waals surface area contributed by atoms with Gasteiger partial charge in [-0.1, -0.05) is 26.7 Å². The molecule has 5 heteroatoms. The van der Waals surface area contributed by atoms with E-state index in [0.717, 1.165) is 25.7 Å². The number of aryl methyl sites for hydroxylation is 1. The lowest BCUT2D eigenvalue weighted by Gasteiger charge is -2.20. The summed E-state index contributed by atoms with van der Waals surface area (Å²) in [7, 11) is 0. The van der Waals surface area contributed by atoms with E-state index in [9.17, 15) is 17.6 Å². The highest BCUT2D eigenvalue weighted by Gasteiger charge is 2.25. The van der Waals surface area contributed by atoms with Crippen molar-refractivity contribution >= 4 is 0 Å². The molecule has 2 aromatic rings. The SMILES string of the molecule is CCCCC(CC)c1ccc(C)n1-c1c(F)c(F)cc(F)c1F. The number of hydrogen-bond acceptors (Lipinski definition) is 0. The number of unbranched alkanes of at least 4 members (excludes halogenated alkanes) is 1. The van der Waals surface area contributed by atoms with Gasteiger partial charge >= 0.3 is 0 Å². The molecular weight excluding hydrogens is 306 g/mol. The predicted molar refractivity (Wildman–Crippen MR) is 82.9 cm³/mol. The van der Waals surface area contributed by atoms with Crippen molar-refractivity contribution in [3.8, 4) is 5.69 Å². The Morgan fingerprint density at radius 1 is 1.00 bits per heavy atom. The lowest BCUT2D eigenvalue weighted by molar-refractivity contribution is 0.443. The van der Waals surface area contributed by atoms with Gasteiger partial charge in [-0.3, -0.25) is 0 Å². The van der Waals surface area contributed by atoms with Gasteiger partial charge in [0.2, 0.25) is 0 Å². The Bertz CT molecular complexity index is 665. The van der Waals surface area contributed by atoms with Gasteiger partial charge in [-0.25, -0.2) is 17.6 Å². The zero-order valence-corrected chi connectivity index (χ0v) is 13.6. The molecule has 0 aliphatic carbocycles. The molecule has 1 unspecified atom stereocenters. The fourth-order valence-electron chi connectivity index (χ4n) is 2.95. The third-order valence-electron chi connectivity index (χ3n) is 4.24. The van der Waals surface area contributed by atoms with Crippen molar-refractivity contribution < 1.29 is 17.6 Å². The van der Waals surface area contributed by atoms with E-state index in [0.29, 0.717) is 11.4 Å². The first-order chi connectivity index (χ1) is 10.9. The molecule has 23 heavy (non-hydrogen) atoms. The van der Waals surface area contributed by atoms with Gasteiger partial charge < -0.3 is 4.57 Å². The summed E-state index contributed by atoms with van der Waals surface area (Å²) in [6.45, 7) is 5.72. The molecule has 1 atom stereocenters. The van der Waals surface area contributed by atoms with Crippen LogP contribution < -0.4 is 0 Å². The molecule has 1 aromatic carbocycles. The third-order valence-corrected chi connectivity index (χ3v) is 4.24. The van der Waals surface area contributed by atoms with Crippen molar-refractivity contribution in [1.29, 1.82) is 0 Å². The monoisotopic (exact) mass is 327 g/mol. The van der Waals surface area contributed by atoms with Crippen LogP contribution in [0.3, 0.4) is 0 Å². The Hall–Kier alpha value is -1.78. The number of halogens is 4. The molecule has 2 rings (SSSR count). The maximum absolute atomic E-state index is 14.2. The number of rotatable bonds is 6. The summed E-state index contributed by atoms with van der Waals surface area (Å²) in [5.74, 6) is -5.43. The van der Waals surface area contributed by atoms with Crippen LogP contribution in [-0.4, -0.2) is 4.57 Å². The Labute approximate surface area is 133 Å². The molecule has 1 nitrogen and oxygen atoms in total. The molecule has 0 spiro atoms. The minimum atomic E-state index is -1.39. The number of hydrogen-bond donors (Lipinski definition) is 0. The molecule has 0 saturated carbocycles. The molecule has 0 radical (unpaired) electrons. The molecule has 1 heterocycles. The average molecular weight is 327 g/mol. The van der Waals surface area contributed by atoms with Crippen molar-refractivity contribution in [3.05, 3.63) is 52.9 Å². The van der Waals surface area contributed by atoms with Crippen molar-refractivity contribution in [2.24, 2.45) is 0 Å². The normalized spacial score (nSPS) is 12.7. The van der Waals surface area contributed by atoms with Crippen LogP contribution in [0.2, 0.25) is 0 Å². The zero-order valence-electron chi connectivity index (χ0n) is 13.6. The zero-order chi connectivity index (χ0) is 17.1. The van der Waals surface area contributed by atoms with E-state index in [2.05, 4.69) is 6.92 Å². The summed E-state index contributed by atoms with van der Waals surface area (Å²) in [6.07, 6.45) is 3.63. The Morgan fingerprint density at radius 3 is 2.13 bits per heavy atom. The van der Waals surface area contributed by atoms with Crippen LogP contribution in [0.25, 0.3) is 5.69 Å². The number of benzene rings is 1. The second-order valence-electron chi connectivity index (χ2n) is 5.80. The van der Waals surface area contributed by atoms with E-state index in [1.165, 1.54) is 4.57 Å². The van der Waals surface area contributed by atoms with Crippen LogP contribution in [0.5, 0.6) is 0 Å². The lowest BCUT2D eigenvalue weighted by Crippen LogP contribution is -2.13. The Balaban J connectivity index is 2.64. The highest BCUT2D eigenvalue weighted by Crippen LogP contribution is 2.33.